The Kier molecular flexibility index (Phi) is 5.99. The molecule has 1 aromatic rings. The molecule has 2 amide bonds. The summed E-state index contributed by atoms with van der Waals surface area (Å²) in [5, 5.41) is 2.81. The second-order valence-electron chi connectivity index (χ2n) is 6.13. The van der Waals surface area contributed by atoms with Gasteiger partial charge in [-0.1, -0.05) is 36.7 Å². The van der Waals surface area contributed by atoms with Crippen LogP contribution in [0.5, 0.6) is 0 Å². The lowest BCUT2D eigenvalue weighted by atomic mass is 9.96. The Morgan fingerprint density at radius 1 is 1.40 bits per heavy atom. The zero-order valence-corrected chi connectivity index (χ0v) is 14.1. The van der Waals surface area contributed by atoms with E-state index in [1.165, 1.54) is 6.07 Å². The van der Waals surface area contributed by atoms with Crippen molar-refractivity contribution in [3.8, 4) is 0 Å². The average molecular weight is 345 g/mol. The zero-order chi connectivity index (χ0) is 15.3. The van der Waals surface area contributed by atoms with Gasteiger partial charge in [-0.05, 0) is 35.6 Å². The Morgan fingerprint density at radius 3 is 2.65 bits per heavy atom. The Morgan fingerprint density at radius 2 is 2.05 bits per heavy atom. The van der Waals surface area contributed by atoms with Gasteiger partial charge in [-0.25, -0.2) is 9.18 Å². The van der Waals surface area contributed by atoms with Gasteiger partial charge in [0, 0.05) is 24.6 Å². The normalized spacial score (nSPS) is 11.3. The van der Waals surface area contributed by atoms with Crippen LogP contribution >= 0.6 is 15.9 Å². The second kappa shape index (κ2) is 7.07. The van der Waals surface area contributed by atoms with Crippen molar-refractivity contribution < 1.29 is 9.18 Å². The Bertz CT molecular complexity index is 471. The summed E-state index contributed by atoms with van der Waals surface area (Å²) < 4.78 is 14.4. The molecule has 1 rings (SSSR count). The molecule has 0 aliphatic carbocycles. The minimum absolute atomic E-state index is 0.0580. The molecule has 0 saturated heterocycles. The monoisotopic (exact) mass is 344 g/mol. The molecule has 0 atom stereocenters. The second-order valence-corrected chi connectivity index (χ2v) is 7.05. The van der Waals surface area contributed by atoms with E-state index in [1.54, 1.807) is 24.1 Å². The molecular weight excluding hydrogens is 323 g/mol. The Labute approximate surface area is 128 Å². The number of carbonyl (C=O) groups excluding carboxylic acids is 1. The smallest absolute Gasteiger partial charge is 0.317 e. The lowest BCUT2D eigenvalue weighted by Crippen LogP contribution is -2.42. The quantitative estimate of drug-likeness (QED) is 0.884. The highest BCUT2D eigenvalue weighted by molar-refractivity contribution is 9.10. The summed E-state index contributed by atoms with van der Waals surface area (Å²) in [4.78, 5) is 13.5. The van der Waals surface area contributed by atoms with Crippen LogP contribution in [0.1, 0.15) is 26.3 Å². The maximum Gasteiger partial charge on any atom is 0.317 e. The Hall–Kier alpha value is -1.10. The van der Waals surface area contributed by atoms with Crippen molar-refractivity contribution in [3.63, 3.8) is 0 Å². The number of rotatable bonds is 4. The van der Waals surface area contributed by atoms with Gasteiger partial charge >= 0.3 is 6.03 Å². The zero-order valence-electron chi connectivity index (χ0n) is 12.5. The van der Waals surface area contributed by atoms with Gasteiger partial charge in [0.1, 0.15) is 5.82 Å². The number of benzene rings is 1. The number of carbonyl (C=O) groups is 1. The third-order valence-electron chi connectivity index (χ3n) is 2.74. The van der Waals surface area contributed by atoms with Crippen LogP contribution in [0.3, 0.4) is 0 Å². The van der Waals surface area contributed by atoms with Crippen molar-refractivity contribution in [2.24, 2.45) is 5.41 Å². The molecule has 1 N–H and O–H groups in total. The van der Waals surface area contributed by atoms with Gasteiger partial charge in [0.05, 0.1) is 0 Å². The average Bonchev–Trinajstić information content (AvgIpc) is 2.31. The Balaban J connectivity index is 2.44. The fourth-order valence-electron chi connectivity index (χ4n) is 1.96. The summed E-state index contributed by atoms with van der Waals surface area (Å²) in [6.45, 7) is 7.32. The number of amides is 2. The molecule has 3 nitrogen and oxygen atoms in total. The van der Waals surface area contributed by atoms with Gasteiger partial charge in [-0.3, -0.25) is 0 Å². The van der Waals surface area contributed by atoms with Gasteiger partial charge in [0.25, 0.3) is 0 Å². The van der Waals surface area contributed by atoms with Crippen LogP contribution in [0, 0.1) is 11.2 Å². The molecule has 0 fully saturated rings. The first-order valence-corrected chi connectivity index (χ1v) is 7.41. The summed E-state index contributed by atoms with van der Waals surface area (Å²) in [5.41, 5.74) is 0.654. The summed E-state index contributed by atoms with van der Waals surface area (Å²) >= 11 is 3.31. The van der Waals surface area contributed by atoms with Gasteiger partial charge < -0.3 is 10.2 Å². The summed E-state index contributed by atoms with van der Waals surface area (Å²) in [6.07, 6.45) is 0.473. The highest BCUT2D eigenvalue weighted by Gasteiger charge is 2.17. The molecule has 0 saturated carbocycles. The largest absolute Gasteiger partial charge is 0.338 e. The van der Waals surface area contributed by atoms with E-state index in [0.717, 1.165) is 4.47 Å². The summed E-state index contributed by atoms with van der Waals surface area (Å²) in [6, 6.07) is 4.69. The van der Waals surface area contributed by atoms with Gasteiger partial charge in [-0.15, -0.1) is 0 Å². The molecule has 0 radical (unpaired) electrons. The molecular formula is C15H22BrFN2O. The molecule has 1 aromatic carbocycles. The molecule has 0 aliphatic heterocycles. The van der Waals surface area contributed by atoms with Gasteiger partial charge in [0.15, 0.2) is 0 Å². The number of hydrogen-bond acceptors (Lipinski definition) is 1. The van der Waals surface area contributed by atoms with Crippen LogP contribution in [-0.2, 0) is 6.42 Å². The molecule has 20 heavy (non-hydrogen) atoms. The number of hydrogen-bond donors (Lipinski definition) is 1. The minimum atomic E-state index is -0.245. The summed E-state index contributed by atoms with van der Waals surface area (Å²) in [5.74, 6) is -0.245. The van der Waals surface area contributed by atoms with E-state index in [9.17, 15) is 9.18 Å². The molecule has 0 spiro atoms. The molecule has 0 unspecified atom stereocenters. The topological polar surface area (TPSA) is 32.3 Å². The first kappa shape index (κ1) is 17.0. The predicted molar refractivity (Wildman–Crippen MR) is 83.3 cm³/mol. The van der Waals surface area contributed by atoms with Crippen LogP contribution in [0.15, 0.2) is 22.7 Å². The van der Waals surface area contributed by atoms with E-state index in [4.69, 9.17) is 0 Å². The lowest BCUT2D eigenvalue weighted by Gasteiger charge is -2.26. The van der Waals surface area contributed by atoms with Crippen LogP contribution < -0.4 is 5.32 Å². The SMILES string of the molecule is CN(CC(C)(C)C)C(=O)NCCc1cc(Br)ccc1F. The number of halogens is 2. The maximum absolute atomic E-state index is 13.5. The van der Waals surface area contributed by atoms with E-state index >= 15 is 0 Å². The first-order chi connectivity index (χ1) is 9.19. The number of nitrogens with zero attached hydrogens (tertiary/aromatic N) is 1. The van der Waals surface area contributed by atoms with E-state index in [0.29, 0.717) is 25.1 Å². The minimum Gasteiger partial charge on any atom is -0.338 e. The molecule has 5 heteroatoms. The van der Waals surface area contributed by atoms with Crippen molar-refractivity contribution in [1.29, 1.82) is 0 Å². The van der Waals surface area contributed by atoms with Gasteiger partial charge in [-0.2, -0.15) is 0 Å². The highest BCUT2D eigenvalue weighted by Crippen LogP contribution is 2.16. The predicted octanol–water partition coefficient (Wildman–Crippen LogP) is 3.82. The van der Waals surface area contributed by atoms with Crippen molar-refractivity contribution >= 4 is 22.0 Å². The van der Waals surface area contributed by atoms with Crippen LogP contribution in [0.4, 0.5) is 9.18 Å². The fraction of sp³-hybridized carbons (Fsp3) is 0.533. The van der Waals surface area contributed by atoms with Crippen LogP contribution in [-0.4, -0.2) is 31.1 Å². The maximum atomic E-state index is 13.5. The third-order valence-corrected chi connectivity index (χ3v) is 3.23. The standard InChI is InChI=1S/C15H22BrFN2O/c1-15(2,3)10-19(4)14(20)18-8-7-11-9-12(16)5-6-13(11)17/h5-6,9H,7-8,10H2,1-4H3,(H,18,20). The molecule has 0 heterocycles. The fourth-order valence-corrected chi connectivity index (χ4v) is 2.37. The first-order valence-electron chi connectivity index (χ1n) is 6.62. The van der Waals surface area contributed by atoms with Crippen molar-refractivity contribution in [2.45, 2.75) is 27.2 Å². The molecule has 0 aromatic heterocycles. The van der Waals surface area contributed by atoms with E-state index in [2.05, 4.69) is 42.0 Å². The highest BCUT2D eigenvalue weighted by atomic mass is 79.9. The van der Waals surface area contributed by atoms with Gasteiger partial charge in [0.2, 0.25) is 0 Å². The van der Waals surface area contributed by atoms with E-state index in [1.807, 2.05) is 0 Å². The molecule has 0 aliphatic rings. The molecule has 0 bridgehead atoms. The van der Waals surface area contributed by atoms with E-state index < -0.39 is 0 Å². The van der Waals surface area contributed by atoms with Crippen molar-refractivity contribution in [3.05, 3.63) is 34.1 Å². The van der Waals surface area contributed by atoms with Crippen LogP contribution in [0.2, 0.25) is 0 Å². The van der Waals surface area contributed by atoms with E-state index in [-0.39, 0.29) is 17.3 Å². The number of urea groups is 1. The van der Waals surface area contributed by atoms with Crippen molar-refractivity contribution in [1.82, 2.24) is 10.2 Å². The third kappa shape index (κ3) is 5.90. The lowest BCUT2D eigenvalue weighted by molar-refractivity contribution is 0.188. The van der Waals surface area contributed by atoms with Crippen molar-refractivity contribution in [2.75, 3.05) is 20.1 Å². The number of nitrogens with one attached hydrogen (secondary N) is 1. The van der Waals surface area contributed by atoms with Crippen LogP contribution in [0.25, 0.3) is 0 Å². The molecule has 112 valence electrons. The summed E-state index contributed by atoms with van der Waals surface area (Å²) in [7, 11) is 1.76.